The van der Waals surface area contributed by atoms with Crippen LogP contribution in [0, 0.1) is 0 Å². The molecule has 17 heteroatoms. The molecule has 8 bridgehead atoms. The summed E-state index contributed by atoms with van der Waals surface area (Å²) < 4.78 is 42.0. The first-order chi connectivity index (χ1) is 41.9. The van der Waals surface area contributed by atoms with Crippen molar-refractivity contribution >= 4 is 99.5 Å². The molecule has 3 aromatic heterocycles. The zero-order chi connectivity index (χ0) is 58.4. The molecule has 0 fully saturated rings. The Labute approximate surface area is 518 Å². The van der Waals surface area contributed by atoms with Gasteiger partial charge in [0.15, 0.2) is 0 Å². The molecular weight excluding hydrogens is 1150 g/mol. The molecule has 15 nitrogen and oxygen atoms in total. The Morgan fingerprint density at radius 2 is 0.651 bits per heavy atom. The fourth-order valence-corrected chi connectivity index (χ4v) is 11.3. The van der Waals surface area contributed by atoms with Gasteiger partial charge in [0.25, 0.3) is 0 Å². The van der Waals surface area contributed by atoms with Crippen LogP contribution in [0.4, 0.5) is 5.69 Å². The number of ether oxygens (including phenoxy) is 6. The maximum absolute atomic E-state index is 7.04. The number of hydrogen-bond acceptors (Lipinski definition) is 14. The molecule has 434 valence electrons. The van der Waals surface area contributed by atoms with Crippen molar-refractivity contribution in [2.75, 3.05) is 39.6 Å². The number of rotatable bonds is 25. The molecule has 2 aliphatic rings. The molecule has 0 spiro atoms. The Morgan fingerprint density at radius 3 is 0.977 bits per heavy atom. The quantitative estimate of drug-likeness (QED) is 0.0229. The van der Waals surface area contributed by atoms with Crippen LogP contribution in [0.2, 0.25) is 0 Å². The standard InChI is InChI=1S/C69H69N9O6S.Zn/c1-7-13-33-79-56-42-25-19-21-27-44(42)58(81-35-15-9-3)52-50(56)64-72-62-48-32-31-41(70-40-85)39-49(48)63(71-62)73-65-51-53(59(82-36-16-10-4)45-28-22-20-26-43(45)57(51)80-34-14-8-2)67(75-65)77-69-55-54(68(78-69)76-66(52)74-64)60(83-37-17-11-5)46-29-23-24-30-47(46)61(55)84-38-18-12-6;/h19-32,39H,7-18,33-38H2,1-6H3;/q-2;+2. The molecule has 5 heterocycles. The van der Waals surface area contributed by atoms with Crippen molar-refractivity contribution in [3.8, 4) is 80.0 Å². The van der Waals surface area contributed by atoms with E-state index >= 15 is 0 Å². The van der Waals surface area contributed by atoms with Crippen molar-refractivity contribution in [3.05, 3.63) is 91.0 Å². The Kier molecular flexibility index (Phi) is 18.8. The number of nitrogens with zero attached hydrogens (tertiary/aromatic N) is 9. The third-order valence-electron chi connectivity index (χ3n) is 15.5. The average molecular weight is 1220 g/mol. The summed E-state index contributed by atoms with van der Waals surface area (Å²) in [5.41, 5.74) is 4.34. The summed E-state index contributed by atoms with van der Waals surface area (Å²) in [5.74, 6) is 4.91. The van der Waals surface area contributed by atoms with Crippen LogP contribution in [0.5, 0.6) is 34.5 Å². The van der Waals surface area contributed by atoms with E-state index in [1.807, 2.05) is 54.6 Å². The van der Waals surface area contributed by atoms with Gasteiger partial charge in [-0.15, -0.1) is 0 Å². The minimum atomic E-state index is 0. The Bertz CT molecular complexity index is 4410. The maximum atomic E-state index is 7.04. The van der Waals surface area contributed by atoms with Gasteiger partial charge in [-0.3, -0.25) is 0 Å². The van der Waals surface area contributed by atoms with Crippen LogP contribution in [0.15, 0.2) is 96.0 Å². The third-order valence-corrected chi connectivity index (χ3v) is 15.6. The van der Waals surface area contributed by atoms with Gasteiger partial charge in [-0.1, -0.05) is 159 Å². The zero-order valence-corrected chi connectivity index (χ0v) is 53.8. The van der Waals surface area contributed by atoms with Gasteiger partial charge in [0.2, 0.25) is 0 Å². The molecule has 0 saturated carbocycles. The normalized spacial score (nSPS) is 11.7. The number of benzene rings is 7. The Morgan fingerprint density at radius 1 is 0.360 bits per heavy atom. The predicted octanol–water partition coefficient (Wildman–Crippen LogP) is 17.4. The molecule has 0 atom stereocenters. The summed E-state index contributed by atoms with van der Waals surface area (Å²) >= 11 is 5.15. The largest absolute Gasteiger partial charge is 2.00 e. The van der Waals surface area contributed by atoms with Crippen molar-refractivity contribution in [1.82, 2.24) is 39.9 Å². The van der Waals surface area contributed by atoms with Crippen LogP contribution in [-0.4, -0.2) is 74.7 Å². The molecule has 0 saturated heterocycles. The van der Waals surface area contributed by atoms with E-state index in [0.29, 0.717) is 170 Å². The van der Waals surface area contributed by atoms with Gasteiger partial charge >= 0.3 is 19.5 Å². The molecule has 0 N–H and O–H groups in total. The number of isothiocyanates is 1. The monoisotopic (exact) mass is 1220 g/mol. The predicted molar refractivity (Wildman–Crippen MR) is 344 cm³/mol. The van der Waals surface area contributed by atoms with Crippen LogP contribution in [0.1, 0.15) is 119 Å². The number of thiocarbonyl (C=S) groups is 1. The van der Waals surface area contributed by atoms with Crippen molar-refractivity contribution in [1.29, 1.82) is 0 Å². The molecule has 12 rings (SSSR count). The van der Waals surface area contributed by atoms with Gasteiger partial charge in [0.1, 0.15) is 34.5 Å². The minimum Gasteiger partial charge on any atom is -0.492 e. The number of unbranched alkanes of at least 4 members (excludes halogenated alkanes) is 6. The van der Waals surface area contributed by atoms with E-state index < -0.39 is 0 Å². The van der Waals surface area contributed by atoms with E-state index in [9.17, 15) is 0 Å². The molecule has 10 aromatic rings. The number of fused-ring (bicyclic) bond motifs is 23. The second-order valence-corrected chi connectivity index (χ2v) is 21.7. The van der Waals surface area contributed by atoms with E-state index in [2.05, 4.69) is 88.1 Å². The van der Waals surface area contributed by atoms with Gasteiger partial charge in [0.05, 0.1) is 96.0 Å². The SMILES string of the molecule is CCCCOc1c2c(c(OCCCC)c3ccccc13)-c1nc-2nc2[n-]c(nc3nc(nc4[n-]c(n1)c1c(OCCCC)c5ccccc5c(OCCCC)c41)-c1c-3c(OCCCC)c3ccccc3c1OCCCC)c1cc(N=C=S)ccc21.[Zn+2]. The minimum absolute atomic E-state index is 0. The summed E-state index contributed by atoms with van der Waals surface area (Å²) in [6, 6.07) is 30.2. The molecular formula is C69H69N9O6SZn. The van der Waals surface area contributed by atoms with Crippen LogP contribution >= 0.6 is 12.2 Å². The molecule has 86 heavy (non-hydrogen) atoms. The van der Waals surface area contributed by atoms with Gasteiger partial charge < -0.3 is 58.3 Å². The fraction of sp³-hybridized carbons (Fsp3) is 0.348. The van der Waals surface area contributed by atoms with Crippen LogP contribution in [-0.2, 0) is 19.5 Å². The first-order valence-corrected chi connectivity index (χ1v) is 30.8. The second kappa shape index (κ2) is 27.1. The van der Waals surface area contributed by atoms with Gasteiger partial charge in [-0.05, 0) is 73.6 Å². The summed E-state index contributed by atoms with van der Waals surface area (Å²) in [7, 11) is 0. The molecule has 0 amide bonds. The number of aliphatic imine (C=N–C) groups is 1. The summed E-state index contributed by atoms with van der Waals surface area (Å²) in [5, 5.41) is 10.2. The topological polar surface area (TPSA) is 173 Å². The van der Waals surface area contributed by atoms with Crippen molar-refractivity contribution in [3.63, 3.8) is 0 Å². The van der Waals surface area contributed by atoms with Crippen molar-refractivity contribution < 1.29 is 47.9 Å². The van der Waals surface area contributed by atoms with Crippen molar-refractivity contribution in [2.45, 2.75) is 119 Å². The van der Waals surface area contributed by atoms with E-state index in [1.165, 1.54) is 0 Å². The molecule has 0 radical (unpaired) electrons. The van der Waals surface area contributed by atoms with Crippen LogP contribution < -0.4 is 38.4 Å². The van der Waals surface area contributed by atoms with Gasteiger partial charge in [-0.2, -0.15) is 4.99 Å². The van der Waals surface area contributed by atoms with Gasteiger partial charge in [-0.25, -0.2) is 9.97 Å². The fourth-order valence-electron chi connectivity index (χ4n) is 11.2. The second-order valence-electron chi connectivity index (χ2n) is 21.5. The first kappa shape index (κ1) is 59.6. The van der Waals surface area contributed by atoms with Crippen molar-refractivity contribution in [2.24, 2.45) is 4.99 Å². The average Bonchev–Trinajstić information content (AvgIpc) is 1.61. The third kappa shape index (κ3) is 11.2. The van der Waals surface area contributed by atoms with Crippen LogP contribution in [0.25, 0.3) is 122 Å². The maximum Gasteiger partial charge on any atom is 2.00 e. The number of aromatic nitrogens is 8. The van der Waals surface area contributed by atoms with E-state index in [-0.39, 0.29) is 19.5 Å². The summed E-state index contributed by atoms with van der Waals surface area (Å²) in [4.78, 5) is 48.6. The molecule has 0 unspecified atom stereocenters. The molecule has 0 aliphatic carbocycles. The Balaban J connectivity index is 0.00000768. The van der Waals surface area contributed by atoms with E-state index in [4.69, 9.17) is 80.5 Å². The van der Waals surface area contributed by atoms with E-state index in [1.54, 1.807) is 0 Å². The summed E-state index contributed by atoms with van der Waals surface area (Å²) in [6.45, 7) is 15.6. The zero-order valence-electron chi connectivity index (χ0n) is 50.0. The smallest absolute Gasteiger partial charge is 0.492 e. The molecule has 2 aliphatic heterocycles. The van der Waals surface area contributed by atoms with Gasteiger partial charge in [0, 0.05) is 65.7 Å². The number of hydrogen-bond donors (Lipinski definition) is 0. The van der Waals surface area contributed by atoms with E-state index in [0.717, 1.165) is 109 Å². The summed E-state index contributed by atoms with van der Waals surface area (Å²) in [6.07, 6.45) is 10.4. The molecule has 7 aromatic carbocycles. The van der Waals surface area contributed by atoms with Crippen LogP contribution in [0.3, 0.4) is 0 Å². The first-order valence-electron chi connectivity index (χ1n) is 30.4. The Hall–Kier alpha value is -8.10.